The average Bonchev–Trinajstić information content (AvgIpc) is 3.35. The van der Waals surface area contributed by atoms with Gasteiger partial charge in [-0.15, -0.1) is 11.3 Å². The van der Waals surface area contributed by atoms with Gasteiger partial charge in [-0.25, -0.2) is 14.4 Å². The lowest BCUT2D eigenvalue weighted by molar-refractivity contribution is 0.291. The fraction of sp³-hybridized carbons (Fsp3) is 0.190. The zero-order valence-corrected chi connectivity index (χ0v) is 17.8. The van der Waals surface area contributed by atoms with E-state index < -0.39 is 5.82 Å². The average molecular weight is 457 g/mol. The minimum atomic E-state index is -0.466. The van der Waals surface area contributed by atoms with E-state index in [2.05, 4.69) is 25.7 Å². The van der Waals surface area contributed by atoms with Gasteiger partial charge in [-0.05, 0) is 24.3 Å². The molecule has 5 aromatic rings. The summed E-state index contributed by atoms with van der Waals surface area (Å²) in [5, 5.41) is 23.0. The minimum absolute atomic E-state index is 0.0491. The molecule has 0 atom stereocenters. The highest BCUT2D eigenvalue weighted by atomic mass is 35.5. The van der Waals surface area contributed by atoms with E-state index in [1.807, 2.05) is 23.0 Å². The third-order valence-corrected chi connectivity index (χ3v) is 6.39. The smallest absolute Gasteiger partial charge is 0.143 e. The van der Waals surface area contributed by atoms with Crippen molar-refractivity contribution in [1.29, 1.82) is 0 Å². The normalized spacial score (nSPS) is 11.7. The quantitative estimate of drug-likeness (QED) is 0.316. The van der Waals surface area contributed by atoms with Crippen LogP contribution in [0.1, 0.15) is 0 Å². The Morgan fingerprint density at radius 3 is 2.87 bits per heavy atom. The van der Waals surface area contributed by atoms with Gasteiger partial charge in [0.15, 0.2) is 0 Å². The molecular formula is C21H18ClFN6OS. The number of aliphatic hydroxyl groups excluding tert-OH is 1. The van der Waals surface area contributed by atoms with Gasteiger partial charge in [0.1, 0.15) is 22.8 Å². The van der Waals surface area contributed by atoms with Crippen molar-refractivity contribution in [2.45, 2.75) is 6.54 Å². The molecule has 7 nitrogen and oxygen atoms in total. The molecule has 0 aliphatic carbocycles. The fourth-order valence-electron chi connectivity index (χ4n) is 3.53. The number of halogens is 2. The van der Waals surface area contributed by atoms with Crippen molar-refractivity contribution < 1.29 is 9.50 Å². The number of aliphatic hydroxyl groups is 1. The molecule has 0 radical (unpaired) electrons. The Hall–Kier alpha value is -2.85. The second-order valence-electron chi connectivity index (χ2n) is 7.00. The number of benzene rings is 2. The van der Waals surface area contributed by atoms with Gasteiger partial charge in [0, 0.05) is 40.4 Å². The van der Waals surface area contributed by atoms with Crippen LogP contribution in [0, 0.1) is 5.82 Å². The Bertz CT molecular complexity index is 1400. The first-order chi connectivity index (χ1) is 15.1. The molecule has 0 aliphatic heterocycles. The first-order valence-electron chi connectivity index (χ1n) is 9.71. The Morgan fingerprint density at radius 2 is 2.03 bits per heavy atom. The largest absolute Gasteiger partial charge is 0.395 e. The van der Waals surface area contributed by atoms with E-state index in [0.29, 0.717) is 24.6 Å². The Morgan fingerprint density at radius 1 is 1.13 bits per heavy atom. The zero-order valence-electron chi connectivity index (χ0n) is 16.3. The lowest BCUT2D eigenvalue weighted by Gasteiger charge is -2.07. The van der Waals surface area contributed by atoms with E-state index in [1.165, 1.54) is 18.5 Å². The summed E-state index contributed by atoms with van der Waals surface area (Å²) in [5.74, 6) is 0.172. The van der Waals surface area contributed by atoms with Crippen LogP contribution in [-0.2, 0) is 6.54 Å². The third-order valence-electron chi connectivity index (χ3n) is 4.96. The molecule has 5 rings (SSSR count). The predicted molar refractivity (Wildman–Crippen MR) is 123 cm³/mol. The molecule has 3 aromatic heterocycles. The Balaban J connectivity index is 1.56. The van der Waals surface area contributed by atoms with Crippen LogP contribution >= 0.6 is 22.9 Å². The number of aromatic nitrogens is 4. The number of hydrogen-bond donors (Lipinski definition) is 3. The van der Waals surface area contributed by atoms with E-state index in [4.69, 9.17) is 16.7 Å². The number of nitrogens with zero attached hydrogens (tertiary/aromatic N) is 4. The van der Waals surface area contributed by atoms with Crippen LogP contribution < -0.4 is 10.6 Å². The first kappa shape index (κ1) is 20.1. The van der Waals surface area contributed by atoms with E-state index in [-0.39, 0.29) is 11.6 Å². The summed E-state index contributed by atoms with van der Waals surface area (Å²) in [7, 11) is 0. The highest BCUT2D eigenvalue weighted by molar-refractivity contribution is 7.26. The number of nitrogens with one attached hydrogen (secondary N) is 2. The van der Waals surface area contributed by atoms with Gasteiger partial charge >= 0.3 is 0 Å². The van der Waals surface area contributed by atoms with E-state index in [0.717, 1.165) is 37.8 Å². The molecule has 3 heterocycles. The topological polar surface area (TPSA) is 87.9 Å². The van der Waals surface area contributed by atoms with Crippen molar-refractivity contribution in [2.24, 2.45) is 0 Å². The van der Waals surface area contributed by atoms with Gasteiger partial charge in [0.25, 0.3) is 0 Å². The summed E-state index contributed by atoms with van der Waals surface area (Å²) in [6.07, 6.45) is 3.55. The summed E-state index contributed by atoms with van der Waals surface area (Å²) < 4.78 is 16.5. The molecule has 0 bridgehead atoms. The number of fused-ring (bicyclic) bond motifs is 5. The summed E-state index contributed by atoms with van der Waals surface area (Å²) in [6, 6.07) is 8.50. The number of rotatable bonds is 7. The van der Waals surface area contributed by atoms with Crippen molar-refractivity contribution in [2.75, 3.05) is 25.0 Å². The second-order valence-corrected chi connectivity index (χ2v) is 8.41. The molecule has 158 valence electrons. The molecule has 2 aromatic carbocycles. The van der Waals surface area contributed by atoms with E-state index in [1.54, 1.807) is 17.4 Å². The maximum absolute atomic E-state index is 13.5. The SMILES string of the molecule is OCCNCCn1cc2c(ccc3c2sc2ncnc(Nc4ccc(F)c(Cl)c4)c23)n1. The van der Waals surface area contributed by atoms with Crippen LogP contribution in [0.2, 0.25) is 5.02 Å². The van der Waals surface area contributed by atoms with Gasteiger partial charge in [0.05, 0.1) is 29.1 Å². The van der Waals surface area contributed by atoms with Crippen molar-refractivity contribution >= 4 is 65.6 Å². The Kier molecular flexibility index (Phi) is 5.41. The molecular weight excluding hydrogens is 439 g/mol. The van der Waals surface area contributed by atoms with Crippen LogP contribution in [-0.4, -0.2) is 44.6 Å². The van der Waals surface area contributed by atoms with Gasteiger partial charge in [-0.3, -0.25) is 4.68 Å². The summed E-state index contributed by atoms with van der Waals surface area (Å²) >= 11 is 7.51. The highest BCUT2D eigenvalue weighted by Gasteiger charge is 2.16. The fourth-order valence-corrected chi connectivity index (χ4v) is 4.86. The maximum atomic E-state index is 13.5. The molecule has 10 heteroatoms. The van der Waals surface area contributed by atoms with Gasteiger partial charge in [-0.2, -0.15) is 5.10 Å². The molecule has 31 heavy (non-hydrogen) atoms. The molecule has 0 saturated heterocycles. The lowest BCUT2D eigenvalue weighted by atomic mass is 10.1. The molecule has 0 spiro atoms. The van der Waals surface area contributed by atoms with Crippen molar-refractivity contribution in [3.63, 3.8) is 0 Å². The van der Waals surface area contributed by atoms with Gasteiger partial charge < -0.3 is 15.7 Å². The zero-order chi connectivity index (χ0) is 21.4. The standard InChI is InChI=1S/C21H18ClFN6OS/c22-15-9-12(1-3-16(15)23)27-20-18-13-2-4-17-14(19(13)31-21(18)26-11-25-20)10-29(28-17)7-5-24-6-8-30/h1-4,9-11,24,30H,5-8H2,(H,25,26,27). The lowest BCUT2D eigenvalue weighted by Crippen LogP contribution is -2.23. The molecule has 0 aliphatic rings. The maximum Gasteiger partial charge on any atom is 0.143 e. The molecule has 0 saturated carbocycles. The van der Waals surface area contributed by atoms with E-state index in [9.17, 15) is 4.39 Å². The highest BCUT2D eigenvalue weighted by Crippen LogP contribution is 2.40. The number of hydrogen-bond acceptors (Lipinski definition) is 7. The Labute approximate surface area is 185 Å². The number of anilines is 2. The molecule has 0 unspecified atom stereocenters. The molecule has 0 amide bonds. The van der Waals surface area contributed by atoms with Crippen LogP contribution in [0.5, 0.6) is 0 Å². The van der Waals surface area contributed by atoms with Gasteiger partial charge in [0.2, 0.25) is 0 Å². The predicted octanol–water partition coefficient (Wildman–Crippen LogP) is 4.31. The van der Waals surface area contributed by atoms with Crippen LogP contribution in [0.4, 0.5) is 15.9 Å². The van der Waals surface area contributed by atoms with Crippen molar-refractivity contribution in [3.8, 4) is 0 Å². The summed E-state index contributed by atoms with van der Waals surface area (Å²) in [4.78, 5) is 9.73. The van der Waals surface area contributed by atoms with Crippen LogP contribution in [0.15, 0.2) is 42.9 Å². The van der Waals surface area contributed by atoms with Crippen molar-refractivity contribution in [1.82, 2.24) is 25.1 Å². The first-order valence-corrected chi connectivity index (χ1v) is 10.9. The van der Waals surface area contributed by atoms with E-state index >= 15 is 0 Å². The monoisotopic (exact) mass is 456 g/mol. The second kappa shape index (κ2) is 8.35. The van der Waals surface area contributed by atoms with Crippen molar-refractivity contribution in [3.05, 3.63) is 53.7 Å². The number of thiophene rings is 1. The summed E-state index contributed by atoms with van der Waals surface area (Å²) in [6.45, 7) is 2.11. The van der Waals surface area contributed by atoms with Crippen LogP contribution in [0.3, 0.4) is 0 Å². The molecule has 0 fully saturated rings. The van der Waals surface area contributed by atoms with Crippen LogP contribution in [0.25, 0.3) is 31.2 Å². The third kappa shape index (κ3) is 3.81. The summed E-state index contributed by atoms with van der Waals surface area (Å²) in [5.41, 5.74) is 1.56. The molecule has 3 N–H and O–H groups in total. The van der Waals surface area contributed by atoms with Gasteiger partial charge in [-0.1, -0.05) is 17.7 Å². The minimum Gasteiger partial charge on any atom is -0.395 e.